The summed E-state index contributed by atoms with van der Waals surface area (Å²) in [7, 11) is 0. The predicted molar refractivity (Wildman–Crippen MR) is 81.8 cm³/mol. The maximum atomic E-state index is 12.4. The average molecular weight is 384 g/mol. The Morgan fingerprint density at radius 2 is 2.04 bits per heavy atom. The largest absolute Gasteiger partial charge is 0.435 e. The highest BCUT2D eigenvalue weighted by molar-refractivity contribution is 6.41. The van der Waals surface area contributed by atoms with Crippen molar-refractivity contribution in [2.24, 2.45) is 0 Å². The first-order valence-corrected chi connectivity index (χ1v) is 7.70. The molecule has 6 nitrogen and oxygen atoms in total. The molecule has 24 heavy (non-hydrogen) atoms. The van der Waals surface area contributed by atoms with Gasteiger partial charge < -0.3 is 5.32 Å². The van der Waals surface area contributed by atoms with Gasteiger partial charge in [-0.25, -0.2) is 0 Å². The molecule has 11 heteroatoms. The van der Waals surface area contributed by atoms with Gasteiger partial charge in [-0.05, 0) is 19.4 Å². The van der Waals surface area contributed by atoms with Gasteiger partial charge in [0.15, 0.2) is 5.69 Å². The minimum atomic E-state index is -4.52. The molecule has 1 N–H and O–H groups in total. The molecule has 2 rings (SSSR count). The van der Waals surface area contributed by atoms with Crippen molar-refractivity contribution in [2.75, 3.05) is 6.54 Å². The summed E-state index contributed by atoms with van der Waals surface area (Å²) in [4.78, 5) is 11.7. The molecule has 0 aromatic carbocycles. The molecule has 0 aliphatic heterocycles. The van der Waals surface area contributed by atoms with Gasteiger partial charge in [-0.2, -0.15) is 23.4 Å². The van der Waals surface area contributed by atoms with Gasteiger partial charge in [0.25, 0.3) is 0 Å². The molecule has 0 unspecified atom stereocenters. The Labute approximate surface area is 145 Å². The van der Waals surface area contributed by atoms with E-state index in [-0.39, 0.29) is 6.54 Å². The van der Waals surface area contributed by atoms with E-state index < -0.39 is 17.8 Å². The summed E-state index contributed by atoms with van der Waals surface area (Å²) in [6.45, 7) is 2.21. The highest BCUT2D eigenvalue weighted by Gasteiger charge is 2.33. The summed E-state index contributed by atoms with van der Waals surface area (Å²) in [6.07, 6.45) is -2.88. The molecular formula is C13H14Cl2F3N5O. The lowest BCUT2D eigenvalue weighted by Gasteiger charge is -2.06. The number of nitrogens with one attached hydrogen (secondary N) is 1. The minimum absolute atomic E-state index is 0.288. The van der Waals surface area contributed by atoms with Crippen LogP contribution in [0, 0.1) is 6.92 Å². The van der Waals surface area contributed by atoms with E-state index in [1.54, 1.807) is 6.92 Å². The van der Waals surface area contributed by atoms with E-state index in [0.29, 0.717) is 35.4 Å². The lowest BCUT2D eigenvalue weighted by atomic mass is 10.4. The lowest BCUT2D eigenvalue weighted by Crippen LogP contribution is -2.29. The number of halogens is 5. The molecule has 2 heterocycles. The van der Waals surface area contributed by atoms with Gasteiger partial charge in [0.2, 0.25) is 5.91 Å². The SMILES string of the molecule is Cc1nn(CCCNC(=O)Cn2ccc(C(F)(F)F)n2)c(Cl)c1Cl. The van der Waals surface area contributed by atoms with Crippen LogP contribution in [-0.4, -0.2) is 32.0 Å². The average Bonchev–Trinajstić information content (AvgIpc) is 3.05. The van der Waals surface area contributed by atoms with E-state index in [4.69, 9.17) is 23.2 Å². The molecule has 2 aromatic heterocycles. The number of rotatable bonds is 6. The van der Waals surface area contributed by atoms with Gasteiger partial charge in [0, 0.05) is 19.3 Å². The standard InChI is InChI=1S/C13H14Cl2F3N5O/c1-8-11(14)12(15)23(20-8)5-2-4-19-10(24)7-22-6-3-9(21-22)13(16,17)18/h3,6H,2,4-5,7H2,1H3,(H,19,24). The summed E-state index contributed by atoms with van der Waals surface area (Å²) in [5, 5.41) is 10.8. The second-order valence-corrected chi connectivity index (χ2v) is 5.75. The fourth-order valence-corrected chi connectivity index (χ4v) is 2.33. The Bertz CT molecular complexity index is 726. The maximum absolute atomic E-state index is 12.4. The number of hydrogen-bond donors (Lipinski definition) is 1. The van der Waals surface area contributed by atoms with Crippen LogP contribution in [0.25, 0.3) is 0 Å². The third kappa shape index (κ3) is 4.64. The van der Waals surface area contributed by atoms with Crippen molar-refractivity contribution >= 4 is 29.1 Å². The van der Waals surface area contributed by atoms with Gasteiger partial charge in [-0.1, -0.05) is 23.2 Å². The fourth-order valence-electron chi connectivity index (χ4n) is 1.94. The first kappa shape index (κ1) is 18.6. The molecule has 0 aliphatic rings. The van der Waals surface area contributed by atoms with Crippen molar-refractivity contribution in [1.29, 1.82) is 0 Å². The fraction of sp³-hybridized carbons (Fsp3) is 0.462. The third-order valence-corrected chi connectivity index (χ3v) is 4.03. The van der Waals surface area contributed by atoms with E-state index in [9.17, 15) is 18.0 Å². The monoisotopic (exact) mass is 383 g/mol. The van der Waals surface area contributed by atoms with Crippen LogP contribution in [0.1, 0.15) is 17.8 Å². The Balaban J connectivity index is 1.75. The second-order valence-electron chi connectivity index (χ2n) is 5.01. The van der Waals surface area contributed by atoms with Crippen LogP contribution in [0.3, 0.4) is 0 Å². The smallest absolute Gasteiger partial charge is 0.354 e. The highest BCUT2D eigenvalue weighted by atomic mass is 35.5. The molecule has 0 radical (unpaired) electrons. The maximum Gasteiger partial charge on any atom is 0.435 e. The van der Waals surface area contributed by atoms with Crippen LogP contribution in [0.4, 0.5) is 13.2 Å². The summed E-state index contributed by atoms with van der Waals surface area (Å²) in [6, 6.07) is 0.819. The predicted octanol–water partition coefficient (Wildman–Crippen LogP) is 2.92. The topological polar surface area (TPSA) is 64.7 Å². The number of alkyl halides is 3. The number of carbonyl (C=O) groups excluding carboxylic acids is 1. The molecule has 0 saturated carbocycles. The zero-order valence-electron chi connectivity index (χ0n) is 12.6. The summed E-state index contributed by atoms with van der Waals surface area (Å²) < 4.78 is 39.7. The van der Waals surface area contributed by atoms with Gasteiger partial charge in [0.05, 0.1) is 5.69 Å². The Kier molecular flexibility index (Phi) is 5.76. The summed E-state index contributed by atoms with van der Waals surface area (Å²) in [5.74, 6) is -0.437. The zero-order valence-corrected chi connectivity index (χ0v) is 14.1. The number of aryl methyl sites for hydroxylation is 2. The Morgan fingerprint density at radius 1 is 1.33 bits per heavy atom. The van der Waals surface area contributed by atoms with Crippen molar-refractivity contribution in [1.82, 2.24) is 24.9 Å². The molecule has 0 saturated heterocycles. The van der Waals surface area contributed by atoms with E-state index >= 15 is 0 Å². The van der Waals surface area contributed by atoms with Crippen molar-refractivity contribution in [3.05, 3.63) is 33.8 Å². The summed E-state index contributed by atoms with van der Waals surface area (Å²) in [5.41, 5.74) is -0.416. The quantitative estimate of drug-likeness (QED) is 0.779. The van der Waals surface area contributed by atoms with E-state index in [1.807, 2.05) is 0 Å². The highest BCUT2D eigenvalue weighted by Crippen LogP contribution is 2.27. The van der Waals surface area contributed by atoms with Crippen LogP contribution in [0.15, 0.2) is 12.3 Å². The lowest BCUT2D eigenvalue weighted by molar-refractivity contribution is -0.141. The van der Waals surface area contributed by atoms with Crippen molar-refractivity contribution < 1.29 is 18.0 Å². The molecule has 132 valence electrons. The minimum Gasteiger partial charge on any atom is -0.354 e. The molecule has 0 bridgehead atoms. The Morgan fingerprint density at radius 3 is 2.58 bits per heavy atom. The van der Waals surface area contributed by atoms with Crippen LogP contribution in [0.2, 0.25) is 10.2 Å². The van der Waals surface area contributed by atoms with Gasteiger partial charge in [0.1, 0.15) is 16.7 Å². The van der Waals surface area contributed by atoms with Gasteiger partial charge >= 0.3 is 6.18 Å². The number of nitrogens with zero attached hydrogens (tertiary/aromatic N) is 4. The Hall–Kier alpha value is -1.74. The van der Waals surface area contributed by atoms with Crippen LogP contribution < -0.4 is 5.32 Å². The zero-order chi connectivity index (χ0) is 17.9. The molecule has 0 fully saturated rings. The summed E-state index contributed by atoms with van der Waals surface area (Å²) >= 11 is 11.9. The number of hydrogen-bond acceptors (Lipinski definition) is 3. The van der Waals surface area contributed by atoms with Crippen LogP contribution in [0.5, 0.6) is 0 Å². The first-order chi connectivity index (χ1) is 11.2. The molecule has 2 aromatic rings. The number of aromatic nitrogens is 4. The van der Waals surface area contributed by atoms with E-state index in [2.05, 4.69) is 15.5 Å². The van der Waals surface area contributed by atoms with E-state index in [1.165, 1.54) is 4.68 Å². The van der Waals surface area contributed by atoms with Crippen molar-refractivity contribution in [3.63, 3.8) is 0 Å². The molecule has 0 aliphatic carbocycles. The second kappa shape index (κ2) is 7.43. The van der Waals surface area contributed by atoms with Crippen LogP contribution in [-0.2, 0) is 24.1 Å². The normalized spacial score (nSPS) is 11.8. The molecule has 1 amide bonds. The number of carbonyl (C=O) groups is 1. The van der Waals surface area contributed by atoms with Crippen molar-refractivity contribution in [2.45, 2.75) is 32.6 Å². The molecule has 0 atom stereocenters. The first-order valence-electron chi connectivity index (χ1n) is 6.94. The van der Waals surface area contributed by atoms with Gasteiger partial charge in [-0.3, -0.25) is 14.2 Å². The number of amides is 1. The van der Waals surface area contributed by atoms with Gasteiger partial charge in [-0.15, -0.1) is 0 Å². The van der Waals surface area contributed by atoms with Crippen molar-refractivity contribution in [3.8, 4) is 0 Å². The molecule has 0 spiro atoms. The van der Waals surface area contributed by atoms with Crippen LogP contribution >= 0.6 is 23.2 Å². The van der Waals surface area contributed by atoms with E-state index in [0.717, 1.165) is 16.9 Å². The molecular weight excluding hydrogens is 370 g/mol. The third-order valence-electron chi connectivity index (χ3n) is 3.10.